The van der Waals surface area contributed by atoms with E-state index in [-0.39, 0.29) is 35.1 Å². The second-order valence-electron chi connectivity index (χ2n) is 7.71. The van der Waals surface area contributed by atoms with Crippen LogP contribution in [0.4, 0.5) is 26.3 Å². The maximum Gasteiger partial charge on any atom is 0.421 e. The smallest absolute Gasteiger partial charge is 0.421 e. The van der Waals surface area contributed by atoms with Crippen LogP contribution in [-0.4, -0.2) is 20.8 Å². The van der Waals surface area contributed by atoms with Gasteiger partial charge in [0.05, 0.1) is 23.8 Å². The molecular weight excluding hydrogens is 492 g/mol. The maximum atomic E-state index is 14.1. The molecule has 6 nitrogen and oxygen atoms in total. The van der Waals surface area contributed by atoms with E-state index < -0.39 is 52.7 Å². The van der Waals surface area contributed by atoms with Crippen molar-refractivity contribution < 1.29 is 35.9 Å². The Hall–Kier alpha value is -4.22. The number of pyridine rings is 1. The number of hydrogen-bond donors (Lipinski definition) is 0. The third kappa shape index (κ3) is 5.21. The third-order valence-electron chi connectivity index (χ3n) is 5.24. The zero-order valence-corrected chi connectivity index (χ0v) is 18.2. The Morgan fingerprint density at radius 1 is 1.00 bits per heavy atom. The lowest BCUT2D eigenvalue weighted by atomic mass is 10.1. The fourth-order valence-electron chi connectivity index (χ4n) is 3.53. The number of alkyl halides is 3. The molecule has 0 radical (unpaired) electrons. The summed E-state index contributed by atoms with van der Waals surface area (Å²) < 4.78 is 88.7. The minimum atomic E-state index is -4.81. The summed E-state index contributed by atoms with van der Waals surface area (Å²) in [5.74, 6) is -4.31. The van der Waals surface area contributed by atoms with Crippen LogP contribution < -0.4 is 10.3 Å². The molecule has 2 heterocycles. The standard InChI is InChI=1S/C24H15F6N3O3/c25-14-7-19(26)17(20(27)8-14)11-33-12-32-22(35)16-9-15(3-4-21(16)33)36-23-18(24(28,29)30)6-13(10-31-23)2-1-5-34/h3-10,12H,1-2,11H2. The van der Waals surface area contributed by atoms with Crippen LogP contribution in [0.5, 0.6) is 11.6 Å². The molecule has 0 aliphatic heterocycles. The summed E-state index contributed by atoms with van der Waals surface area (Å²) in [7, 11) is 0. The number of ether oxygens (including phenoxy) is 1. The predicted molar refractivity (Wildman–Crippen MR) is 115 cm³/mol. The van der Waals surface area contributed by atoms with Crippen LogP contribution in [0.15, 0.2) is 53.7 Å². The Kier molecular flexibility index (Phi) is 6.77. The highest BCUT2D eigenvalue weighted by molar-refractivity contribution is 5.79. The Balaban J connectivity index is 1.71. The number of carbonyl (C=O) groups is 1. The normalized spacial score (nSPS) is 11.6. The van der Waals surface area contributed by atoms with Crippen molar-refractivity contribution in [1.29, 1.82) is 0 Å². The highest BCUT2D eigenvalue weighted by Gasteiger charge is 2.36. The van der Waals surface area contributed by atoms with Crippen molar-refractivity contribution >= 4 is 17.2 Å². The average Bonchev–Trinajstić information content (AvgIpc) is 2.81. The van der Waals surface area contributed by atoms with Crippen LogP contribution >= 0.6 is 0 Å². The molecule has 4 aromatic rings. The fourth-order valence-corrected chi connectivity index (χ4v) is 3.53. The summed E-state index contributed by atoms with van der Waals surface area (Å²) in [6.07, 6.45) is -1.96. The van der Waals surface area contributed by atoms with Crippen molar-refractivity contribution in [3.8, 4) is 11.6 Å². The number of aromatic nitrogens is 3. The molecule has 0 bridgehead atoms. The van der Waals surface area contributed by atoms with E-state index in [4.69, 9.17) is 4.74 Å². The van der Waals surface area contributed by atoms with Gasteiger partial charge in [0.25, 0.3) is 5.56 Å². The van der Waals surface area contributed by atoms with Crippen molar-refractivity contribution in [3.63, 3.8) is 0 Å². The first-order chi connectivity index (χ1) is 17.1. The molecule has 0 saturated heterocycles. The molecule has 0 aliphatic carbocycles. The SMILES string of the molecule is O=CCCc1cnc(Oc2ccc3c(c2)c(=O)ncn3Cc2c(F)cc(F)cc2F)c(C(F)(F)F)c1. The Labute approximate surface area is 198 Å². The number of carbonyl (C=O) groups excluding carboxylic acids is 1. The molecule has 2 aromatic heterocycles. The predicted octanol–water partition coefficient (Wildman–Crippen LogP) is 5.20. The van der Waals surface area contributed by atoms with Crippen molar-refractivity contribution in [2.24, 2.45) is 0 Å². The first-order valence-corrected chi connectivity index (χ1v) is 10.4. The molecule has 4 rings (SSSR count). The van der Waals surface area contributed by atoms with E-state index in [1.165, 1.54) is 16.7 Å². The van der Waals surface area contributed by atoms with Gasteiger partial charge in [0.2, 0.25) is 5.88 Å². The summed E-state index contributed by atoms with van der Waals surface area (Å²) in [5.41, 5.74) is -2.07. The van der Waals surface area contributed by atoms with Gasteiger partial charge in [-0.05, 0) is 36.2 Å². The summed E-state index contributed by atoms with van der Waals surface area (Å²) in [5, 5.41) is -0.103. The molecule has 0 N–H and O–H groups in total. The zero-order valence-electron chi connectivity index (χ0n) is 18.2. The van der Waals surface area contributed by atoms with Crippen molar-refractivity contribution in [2.45, 2.75) is 25.6 Å². The monoisotopic (exact) mass is 507 g/mol. The lowest BCUT2D eigenvalue weighted by Crippen LogP contribution is -2.14. The first-order valence-electron chi connectivity index (χ1n) is 10.4. The van der Waals surface area contributed by atoms with Gasteiger partial charge < -0.3 is 14.1 Å². The summed E-state index contributed by atoms with van der Waals surface area (Å²) in [4.78, 5) is 30.2. The van der Waals surface area contributed by atoms with Gasteiger partial charge >= 0.3 is 6.18 Å². The van der Waals surface area contributed by atoms with E-state index in [9.17, 15) is 35.9 Å². The van der Waals surface area contributed by atoms with Crippen LogP contribution in [0.3, 0.4) is 0 Å². The Morgan fingerprint density at radius 3 is 2.39 bits per heavy atom. The molecule has 0 fully saturated rings. The van der Waals surface area contributed by atoms with E-state index in [0.29, 0.717) is 18.4 Å². The lowest BCUT2D eigenvalue weighted by molar-refractivity contribution is -0.138. The van der Waals surface area contributed by atoms with E-state index in [1.807, 2.05) is 0 Å². The highest BCUT2D eigenvalue weighted by Crippen LogP contribution is 2.37. The van der Waals surface area contributed by atoms with Gasteiger partial charge in [-0.3, -0.25) is 4.79 Å². The minimum absolute atomic E-state index is 0.0227. The van der Waals surface area contributed by atoms with E-state index in [1.54, 1.807) is 0 Å². The van der Waals surface area contributed by atoms with Crippen molar-refractivity contribution in [3.05, 3.63) is 93.4 Å². The number of hydrogen-bond acceptors (Lipinski definition) is 5. The minimum Gasteiger partial charge on any atom is -0.438 e. The van der Waals surface area contributed by atoms with Crippen molar-refractivity contribution in [1.82, 2.24) is 14.5 Å². The van der Waals surface area contributed by atoms with Gasteiger partial charge in [0, 0.05) is 30.3 Å². The first kappa shape index (κ1) is 24.9. The molecule has 0 aliphatic rings. The van der Waals surface area contributed by atoms with E-state index >= 15 is 0 Å². The number of nitrogens with zero attached hydrogens (tertiary/aromatic N) is 3. The largest absolute Gasteiger partial charge is 0.438 e. The van der Waals surface area contributed by atoms with Gasteiger partial charge in [-0.15, -0.1) is 0 Å². The Morgan fingerprint density at radius 2 is 1.72 bits per heavy atom. The molecule has 36 heavy (non-hydrogen) atoms. The van der Waals surface area contributed by atoms with Crippen LogP contribution in [0.25, 0.3) is 10.9 Å². The quantitative estimate of drug-likeness (QED) is 0.254. The Bertz CT molecular complexity index is 1490. The van der Waals surface area contributed by atoms with Gasteiger partial charge in [-0.2, -0.15) is 18.2 Å². The van der Waals surface area contributed by atoms with Crippen molar-refractivity contribution in [2.75, 3.05) is 0 Å². The summed E-state index contributed by atoms with van der Waals surface area (Å²) in [6.45, 7) is -0.441. The molecule has 0 amide bonds. The van der Waals surface area contributed by atoms with Gasteiger partial charge in [0.1, 0.15) is 35.1 Å². The van der Waals surface area contributed by atoms with Gasteiger partial charge in [0.15, 0.2) is 0 Å². The number of rotatable bonds is 7. The van der Waals surface area contributed by atoms with Gasteiger partial charge in [-0.1, -0.05) is 0 Å². The third-order valence-corrected chi connectivity index (χ3v) is 5.24. The van der Waals surface area contributed by atoms with Crippen LogP contribution in [-0.2, 0) is 23.9 Å². The maximum absolute atomic E-state index is 14.1. The van der Waals surface area contributed by atoms with Crippen LogP contribution in [0, 0.1) is 17.5 Å². The van der Waals surface area contributed by atoms with Crippen LogP contribution in [0.2, 0.25) is 0 Å². The molecule has 0 saturated carbocycles. The average molecular weight is 507 g/mol. The number of halogens is 6. The van der Waals surface area contributed by atoms with Gasteiger partial charge in [-0.25, -0.2) is 18.2 Å². The molecule has 0 spiro atoms. The fraction of sp³-hybridized carbons (Fsp3) is 0.167. The number of fused-ring (bicyclic) bond motifs is 1. The number of benzene rings is 2. The number of aryl methyl sites for hydroxylation is 1. The molecule has 2 aromatic carbocycles. The zero-order chi connectivity index (χ0) is 26.0. The molecule has 0 atom stereocenters. The van der Waals surface area contributed by atoms with E-state index in [2.05, 4.69) is 9.97 Å². The summed E-state index contributed by atoms with van der Waals surface area (Å²) in [6, 6.07) is 5.53. The molecule has 12 heteroatoms. The lowest BCUT2D eigenvalue weighted by Gasteiger charge is -2.15. The second-order valence-corrected chi connectivity index (χ2v) is 7.71. The topological polar surface area (TPSA) is 74.1 Å². The van der Waals surface area contributed by atoms with E-state index in [0.717, 1.165) is 24.7 Å². The summed E-state index contributed by atoms with van der Waals surface area (Å²) >= 11 is 0. The number of aldehydes is 1. The molecular formula is C24H15F6N3O3. The molecule has 0 unspecified atom stereocenters. The van der Waals surface area contributed by atoms with Crippen LogP contribution in [0.1, 0.15) is 23.1 Å². The second kappa shape index (κ2) is 9.80. The highest BCUT2D eigenvalue weighted by atomic mass is 19.4. The molecule has 186 valence electrons.